The molecule has 0 fully saturated rings. The summed E-state index contributed by atoms with van der Waals surface area (Å²) in [4.78, 5) is 26.9. The molecule has 0 spiro atoms. The Morgan fingerprint density at radius 2 is 2.05 bits per heavy atom. The first-order chi connectivity index (χ1) is 9.60. The Kier molecular flexibility index (Phi) is 6.42. The van der Waals surface area contributed by atoms with Crippen LogP contribution >= 0.6 is 0 Å². The maximum atomic E-state index is 13.8. The number of anilines is 1. The first kappa shape index (κ1) is 15.9. The molecule has 6 nitrogen and oxygen atoms in total. The first-order valence-electron chi connectivity index (χ1n) is 6.47. The second kappa shape index (κ2) is 8.08. The smallest absolute Gasteiger partial charge is 0.254 e. The lowest BCUT2D eigenvalue weighted by Crippen LogP contribution is -2.31. The number of aromatic nitrogens is 1. The highest BCUT2D eigenvalue weighted by molar-refractivity contribution is 5.95. The van der Waals surface area contributed by atoms with Crippen LogP contribution in [0.3, 0.4) is 0 Å². The molecule has 1 heterocycles. The zero-order chi connectivity index (χ0) is 15.0. The number of halogens is 1. The summed E-state index contributed by atoms with van der Waals surface area (Å²) >= 11 is 0. The molecule has 110 valence electrons. The fourth-order valence-corrected chi connectivity index (χ4v) is 1.53. The summed E-state index contributed by atoms with van der Waals surface area (Å²) in [7, 11) is 1.52. The quantitative estimate of drug-likeness (QED) is 0.694. The Labute approximate surface area is 117 Å². The lowest BCUT2D eigenvalue weighted by Gasteiger charge is -2.08. The predicted molar refractivity (Wildman–Crippen MR) is 74.0 cm³/mol. The second-order valence-corrected chi connectivity index (χ2v) is 4.13. The number of pyridine rings is 1. The molecule has 0 aliphatic carbocycles. The molecule has 0 atom stereocenters. The van der Waals surface area contributed by atoms with Gasteiger partial charge >= 0.3 is 0 Å². The maximum Gasteiger partial charge on any atom is 0.254 e. The number of hydrogen-bond acceptors (Lipinski definition) is 4. The summed E-state index contributed by atoms with van der Waals surface area (Å²) in [5.74, 6) is -1.40. The van der Waals surface area contributed by atoms with Gasteiger partial charge in [0.1, 0.15) is 0 Å². The average molecular weight is 282 g/mol. The van der Waals surface area contributed by atoms with Crippen molar-refractivity contribution in [1.82, 2.24) is 15.6 Å². The molecule has 0 bridgehead atoms. The number of nitrogens with zero attached hydrogens (tertiary/aromatic N) is 1. The van der Waals surface area contributed by atoms with Gasteiger partial charge in [-0.25, -0.2) is 9.37 Å². The second-order valence-electron chi connectivity index (χ2n) is 4.13. The lowest BCUT2D eigenvalue weighted by molar-refractivity contribution is -0.120. The molecule has 2 amide bonds. The molecule has 0 saturated carbocycles. The van der Waals surface area contributed by atoms with Crippen LogP contribution in [0.25, 0.3) is 0 Å². The van der Waals surface area contributed by atoms with E-state index in [-0.39, 0.29) is 30.3 Å². The molecule has 0 aliphatic rings. The van der Waals surface area contributed by atoms with E-state index in [2.05, 4.69) is 20.9 Å². The van der Waals surface area contributed by atoms with Gasteiger partial charge in [-0.3, -0.25) is 9.59 Å². The summed E-state index contributed by atoms with van der Waals surface area (Å²) < 4.78 is 13.8. The van der Waals surface area contributed by atoms with Crippen molar-refractivity contribution in [2.24, 2.45) is 0 Å². The van der Waals surface area contributed by atoms with Crippen LogP contribution in [0.15, 0.2) is 12.3 Å². The van der Waals surface area contributed by atoms with Gasteiger partial charge < -0.3 is 16.0 Å². The van der Waals surface area contributed by atoms with E-state index >= 15 is 0 Å². The van der Waals surface area contributed by atoms with Crippen LogP contribution in [0.4, 0.5) is 10.2 Å². The van der Waals surface area contributed by atoms with E-state index < -0.39 is 11.7 Å². The third kappa shape index (κ3) is 4.49. The van der Waals surface area contributed by atoms with Gasteiger partial charge in [0.15, 0.2) is 11.6 Å². The number of nitrogens with one attached hydrogen (secondary N) is 3. The van der Waals surface area contributed by atoms with E-state index in [1.807, 2.05) is 6.92 Å². The molecule has 1 aromatic rings. The van der Waals surface area contributed by atoms with E-state index in [0.717, 1.165) is 6.42 Å². The van der Waals surface area contributed by atoms with Crippen molar-refractivity contribution >= 4 is 17.6 Å². The number of hydrogen-bond donors (Lipinski definition) is 3. The Hall–Kier alpha value is -2.18. The SMILES string of the molecule is CCCNC(=O)CCNC(=O)c1ccnc(NC)c1F. The molecule has 0 aliphatic heterocycles. The van der Waals surface area contributed by atoms with Crippen molar-refractivity contribution in [3.05, 3.63) is 23.6 Å². The van der Waals surface area contributed by atoms with Gasteiger partial charge in [0.05, 0.1) is 5.56 Å². The molecule has 0 aromatic carbocycles. The summed E-state index contributed by atoms with van der Waals surface area (Å²) in [6.45, 7) is 2.72. The van der Waals surface area contributed by atoms with Crippen LogP contribution in [0.5, 0.6) is 0 Å². The van der Waals surface area contributed by atoms with E-state index in [9.17, 15) is 14.0 Å². The first-order valence-corrected chi connectivity index (χ1v) is 6.47. The molecule has 7 heteroatoms. The highest BCUT2D eigenvalue weighted by Crippen LogP contribution is 2.13. The van der Waals surface area contributed by atoms with Crippen molar-refractivity contribution in [3.8, 4) is 0 Å². The van der Waals surface area contributed by atoms with Crippen LogP contribution in [0.1, 0.15) is 30.1 Å². The Balaban J connectivity index is 2.49. The van der Waals surface area contributed by atoms with Crippen molar-refractivity contribution in [2.75, 3.05) is 25.5 Å². The van der Waals surface area contributed by atoms with Gasteiger partial charge in [-0.2, -0.15) is 0 Å². The standard InChI is InChI=1S/C13H19FN4O2/c1-3-6-16-10(19)5-8-18-13(20)9-4-7-17-12(15-2)11(9)14/h4,7H,3,5-6,8H2,1-2H3,(H,15,17)(H,16,19)(H,18,20). The molecular formula is C13H19FN4O2. The highest BCUT2D eigenvalue weighted by atomic mass is 19.1. The predicted octanol–water partition coefficient (Wildman–Crippen LogP) is 0.908. The minimum Gasteiger partial charge on any atom is -0.371 e. The zero-order valence-corrected chi connectivity index (χ0v) is 11.6. The van der Waals surface area contributed by atoms with E-state index in [1.54, 1.807) is 0 Å². The van der Waals surface area contributed by atoms with Gasteiger partial charge in [-0.15, -0.1) is 0 Å². The molecule has 0 saturated heterocycles. The summed E-state index contributed by atoms with van der Waals surface area (Å²) in [5.41, 5.74) is -0.0988. The van der Waals surface area contributed by atoms with E-state index in [1.165, 1.54) is 19.3 Å². The molecule has 1 aromatic heterocycles. The van der Waals surface area contributed by atoms with Gasteiger partial charge in [0.25, 0.3) is 5.91 Å². The van der Waals surface area contributed by atoms with Crippen LogP contribution < -0.4 is 16.0 Å². The van der Waals surface area contributed by atoms with Crippen LogP contribution in [0.2, 0.25) is 0 Å². The lowest BCUT2D eigenvalue weighted by atomic mass is 10.2. The average Bonchev–Trinajstić information content (AvgIpc) is 2.45. The highest BCUT2D eigenvalue weighted by Gasteiger charge is 2.15. The fourth-order valence-electron chi connectivity index (χ4n) is 1.53. The van der Waals surface area contributed by atoms with Crippen LogP contribution in [-0.4, -0.2) is 36.9 Å². The third-order valence-corrected chi connectivity index (χ3v) is 2.58. The van der Waals surface area contributed by atoms with Crippen molar-refractivity contribution in [3.63, 3.8) is 0 Å². The molecule has 0 radical (unpaired) electrons. The Morgan fingerprint density at radius 1 is 1.30 bits per heavy atom. The van der Waals surface area contributed by atoms with Crippen LogP contribution in [-0.2, 0) is 4.79 Å². The van der Waals surface area contributed by atoms with Crippen molar-refractivity contribution in [1.29, 1.82) is 0 Å². The van der Waals surface area contributed by atoms with Gasteiger partial charge in [-0.05, 0) is 12.5 Å². The van der Waals surface area contributed by atoms with Gasteiger partial charge in [0.2, 0.25) is 5.91 Å². The van der Waals surface area contributed by atoms with Crippen LogP contribution in [0, 0.1) is 5.82 Å². The largest absolute Gasteiger partial charge is 0.371 e. The summed E-state index contributed by atoms with van der Waals surface area (Å²) in [5, 5.41) is 7.75. The Bertz CT molecular complexity index is 479. The molecule has 1 rings (SSSR count). The van der Waals surface area contributed by atoms with Gasteiger partial charge in [-0.1, -0.05) is 6.92 Å². The minimum atomic E-state index is -0.706. The molecular weight excluding hydrogens is 263 g/mol. The number of carbonyl (C=O) groups is 2. The van der Waals surface area contributed by atoms with E-state index in [0.29, 0.717) is 6.54 Å². The summed E-state index contributed by atoms with van der Waals surface area (Å²) in [6.07, 6.45) is 2.36. The Morgan fingerprint density at radius 3 is 2.70 bits per heavy atom. The van der Waals surface area contributed by atoms with Crippen molar-refractivity contribution in [2.45, 2.75) is 19.8 Å². The molecule has 0 unspecified atom stereocenters. The fraction of sp³-hybridized carbons (Fsp3) is 0.462. The zero-order valence-electron chi connectivity index (χ0n) is 11.6. The minimum absolute atomic E-state index is 0.0124. The normalized spacial score (nSPS) is 9.95. The van der Waals surface area contributed by atoms with Crippen molar-refractivity contribution < 1.29 is 14.0 Å². The van der Waals surface area contributed by atoms with Gasteiger partial charge in [0, 0.05) is 32.8 Å². The summed E-state index contributed by atoms with van der Waals surface area (Å²) in [6, 6.07) is 1.29. The monoisotopic (exact) mass is 282 g/mol. The number of rotatable bonds is 7. The molecule has 20 heavy (non-hydrogen) atoms. The third-order valence-electron chi connectivity index (χ3n) is 2.58. The van der Waals surface area contributed by atoms with E-state index in [4.69, 9.17) is 0 Å². The number of amides is 2. The topological polar surface area (TPSA) is 83.1 Å². The number of carbonyl (C=O) groups excluding carboxylic acids is 2. The molecule has 3 N–H and O–H groups in total. The maximum absolute atomic E-state index is 13.8.